The highest BCUT2D eigenvalue weighted by atomic mass is 79.9. The average molecular weight is 650 g/mol. The molecule has 6 aromatic rings. The first-order valence-electron chi connectivity index (χ1n) is 13.8. The molecule has 0 fully saturated rings. The van der Waals surface area contributed by atoms with Gasteiger partial charge in [-0.3, -0.25) is 13.9 Å². The van der Waals surface area contributed by atoms with Crippen LogP contribution in [-0.2, 0) is 4.74 Å². The van der Waals surface area contributed by atoms with E-state index >= 15 is 0 Å². The van der Waals surface area contributed by atoms with Crippen LogP contribution in [-0.4, -0.2) is 43.2 Å². The van der Waals surface area contributed by atoms with E-state index in [9.17, 15) is 9.59 Å². The van der Waals surface area contributed by atoms with Crippen molar-refractivity contribution in [1.29, 1.82) is 0 Å². The standard InChI is InChI=1S/C33H25BrN6O4/c1-43-33(42)38-28(20-9-4-2-5-10-20)31(41)39-16-8-13-25(39)29-35-18-24(37-29)22-14-15-23-26(17-22)44-32(21-11-6-3-7-12-21)40-27(34)19-36-30(23)40/h2-19,28,32H,1H3,(H,35,37)(H,38,42)/t28-,32-/m0/s1. The molecule has 2 N–H and O–H groups in total. The number of H-pyrrole nitrogens is 1. The highest BCUT2D eigenvalue weighted by Gasteiger charge is 2.30. The number of rotatable bonds is 6. The SMILES string of the molecule is COC(=O)N[C@H](C(=O)n1cccc1-c1ncc(-c2ccc3c(c2)O[C@@H](c2ccccc2)n2c(Br)cnc2-3)[nH]1)c1ccccc1. The molecule has 1 amide bonds. The minimum atomic E-state index is -0.966. The smallest absolute Gasteiger partial charge is 0.407 e. The topological polar surface area (TPSA) is 116 Å². The van der Waals surface area contributed by atoms with Crippen molar-refractivity contribution in [2.24, 2.45) is 0 Å². The predicted octanol–water partition coefficient (Wildman–Crippen LogP) is 6.85. The molecule has 1 aliphatic heterocycles. The summed E-state index contributed by atoms with van der Waals surface area (Å²) in [5.41, 5.74) is 4.62. The number of aromatic nitrogens is 5. The monoisotopic (exact) mass is 648 g/mol. The van der Waals surface area contributed by atoms with Gasteiger partial charge in [-0.15, -0.1) is 0 Å². The zero-order valence-corrected chi connectivity index (χ0v) is 24.9. The minimum absolute atomic E-state index is 0.365. The summed E-state index contributed by atoms with van der Waals surface area (Å²) in [5.74, 6) is 1.61. The molecule has 0 radical (unpaired) electrons. The largest absolute Gasteiger partial charge is 0.465 e. The van der Waals surface area contributed by atoms with Crippen molar-refractivity contribution in [3.63, 3.8) is 0 Å². The lowest BCUT2D eigenvalue weighted by Gasteiger charge is -2.29. The molecule has 0 saturated carbocycles. The number of fused-ring (bicyclic) bond motifs is 3. The van der Waals surface area contributed by atoms with Crippen LogP contribution in [0.2, 0.25) is 0 Å². The van der Waals surface area contributed by atoms with E-state index in [0.717, 1.165) is 32.8 Å². The fourth-order valence-electron chi connectivity index (χ4n) is 5.36. The number of hydrogen-bond donors (Lipinski definition) is 2. The Morgan fingerprint density at radius 2 is 1.75 bits per heavy atom. The van der Waals surface area contributed by atoms with E-state index in [1.807, 2.05) is 59.2 Å². The minimum Gasteiger partial charge on any atom is -0.465 e. The van der Waals surface area contributed by atoms with E-state index in [1.54, 1.807) is 55.0 Å². The molecule has 0 bridgehead atoms. The van der Waals surface area contributed by atoms with E-state index in [2.05, 4.69) is 36.2 Å². The maximum Gasteiger partial charge on any atom is 0.407 e. The number of nitrogens with zero attached hydrogens (tertiary/aromatic N) is 4. The Hall–Kier alpha value is -5.42. The number of hydrogen-bond acceptors (Lipinski definition) is 6. The molecule has 7 rings (SSSR count). The predicted molar refractivity (Wildman–Crippen MR) is 167 cm³/mol. The van der Waals surface area contributed by atoms with Crippen LogP contribution in [0.5, 0.6) is 5.75 Å². The lowest BCUT2D eigenvalue weighted by atomic mass is 10.1. The third kappa shape index (κ3) is 4.86. The third-order valence-electron chi connectivity index (χ3n) is 7.48. The normalized spacial score (nSPS) is 14.2. The first kappa shape index (κ1) is 27.4. The van der Waals surface area contributed by atoms with Crippen LogP contribution in [0.1, 0.15) is 28.2 Å². The first-order valence-corrected chi connectivity index (χ1v) is 14.6. The zero-order chi connectivity index (χ0) is 30.2. The van der Waals surface area contributed by atoms with Crippen molar-refractivity contribution < 1.29 is 19.1 Å². The van der Waals surface area contributed by atoms with Crippen molar-refractivity contribution in [3.8, 4) is 39.9 Å². The molecule has 0 unspecified atom stereocenters. The second-order valence-electron chi connectivity index (χ2n) is 10.1. The summed E-state index contributed by atoms with van der Waals surface area (Å²) in [7, 11) is 1.26. The van der Waals surface area contributed by atoms with E-state index in [1.165, 1.54) is 11.7 Å². The Bertz CT molecular complexity index is 1980. The molecule has 0 saturated heterocycles. The number of amides is 1. The lowest BCUT2D eigenvalue weighted by Crippen LogP contribution is -2.36. The number of alkyl carbamates (subject to hydrolysis) is 1. The maximum atomic E-state index is 13.8. The first-order chi connectivity index (χ1) is 21.5. The van der Waals surface area contributed by atoms with Crippen molar-refractivity contribution in [1.82, 2.24) is 29.4 Å². The van der Waals surface area contributed by atoms with Gasteiger partial charge in [-0.1, -0.05) is 66.7 Å². The fourth-order valence-corrected chi connectivity index (χ4v) is 5.81. The van der Waals surface area contributed by atoms with Crippen LogP contribution in [0.15, 0.2) is 114 Å². The number of ether oxygens (including phenoxy) is 2. The summed E-state index contributed by atoms with van der Waals surface area (Å²) < 4.78 is 15.6. The molecule has 1 aliphatic rings. The molecule has 218 valence electrons. The van der Waals surface area contributed by atoms with Crippen LogP contribution in [0.3, 0.4) is 0 Å². The van der Waals surface area contributed by atoms with Gasteiger partial charge in [0.15, 0.2) is 5.82 Å². The van der Waals surface area contributed by atoms with Gasteiger partial charge in [0.05, 0.1) is 36.5 Å². The highest BCUT2D eigenvalue weighted by molar-refractivity contribution is 9.10. The van der Waals surface area contributed by atoms with Gasteiger partial charge in [0.1, 0.15) is 22.2 Å². The van der Waals surface area contributed by atoms with E-state index in [-0.39, 0.29) is 5.91 Å². The second kappa shape index (κ2) is 11.3. The Kier molecular flexibility index (Phi) is 7.07. The van der Waals surface area contributed by atoms with Gasteiger partial charge in [-0.25, -0.2) is 14.8 Å². The maximum absolute atomic E-state index is 13.8. The number of carbonyl (C=O) groups excluding carboxylic acids is 2. The summed E-state index contributed by atoms with van der Waals surface area (Å²) >= 11 is 3.62. The number of carbonyl (C=O) groups is 2. The Morgan fingerprint density at radius 3 is 2.52 bits per heavy atom. The van der Waals surface area contributed by atoms with Crippen molar-refractivity contribution >= 4 is 27.9 Å². The number of aromatic amines is 1. The van der Waals surface area contributed by atoms with Gasteiger partial charge >= 0.3 is 6.09 Å². The van der Waals surface area contributed by atoms with Gasteiger partial charge in [0, 0.05) is 17.3 Å². The molecule has 3 aromatic heterocycles. The fraction of sp³-hybridized carbons (Fsp3) is 0.0909. The van der Waals surface area contributed by atoms with Gasteiger partial charge < -0.3 is 19.8 Å². The summed E-state index contributed by atoms with van der Waals surface area (Å²) in [5, 5.41) is 2.65. The van der Waals surface area contributed by atoms with Crippen LogP contribution in [0.4, 0.5) is 4.79 Å². The van der Waals surface area contributed by atoms with E-state index < -0.39 is 18.4 Å². The van der Waals surface area contributed by atoms with Crippen LogP contribution < -0.4 is 10.1 Å². The zero-order valence-electron chi connectivity index (χ0n) is 23.3. The van der Waals surface area contributed by atoms with Crippen LogP contribution in [0, 0.1) is 0 Å². The van der Waals surface area contributed by atoms with Crippen molar-refractivity contribution in [3.05, 3.63) is 125 Å². The number of halogens is 1. The molecule has 4 heterocycles. The molecule has 0 aliphatic carbocycles. The summed E-state index contributed by atoms with van der Waals surface area (Å²) in [4.78, 5) is 38.5. The molecule has 10 nitrogen and oxygen atoms in total. The lowest BCUT2D eigenvalue weighted by molar-refractivity contribution is 0.0851. The molecule has 11 heteroatoms. The number of benzene rings is 3. The molecule has 0 spiro atoms. The molecular weight excluding hydrogens is 624 g/mol. The quantitative estimate of drug-likeness (QED) is 0.204. The van der Waals surface area contributed by atoms with Crippen LogP contribution >= 0.6 is 15.9 Å². The second-order valence-corrected chi connectivity index (χ2v) is 10.9. The van der Waals surface area contributed by atoms with Crippen molar-refractivity contribution in [2.75, 3.05) is 7.11 Å². The van der Waals surface area contributed by atoms with Gasteiger partial charge in [-0.05, 0) is 45.8 Å². The Labute approximate surface area is 260 Å². The Morgan fingerprint density at radius 1 is 0.977 bits per heavy atom. The van der Waals surface area contributed by atoms with Gasteiger partial charge in [-0.2, -0.15) is 0 Å². The van der Waals surface area contributed by atoms with E-state index in [4.69, 9.17) is 9.47 Å². The summed E-state index contributed by atoms with van der Waals surface area (Å²) in [6.07, 6.45) is 4.03. The van der Waals surface area contributed by atoms with Gasteiger partial charge in [0.25, 0.3) is 5.91 Å². The average Bonchev–Trinajstić information content (AvgIpc) is 3.84. The number of methoxy groups -OCH3 is 1. The highest BCUT2D eigenvalue weighted by Crippen LogP contribution is 2.43. The number of imidazole rings is 2. The van der Waals surface area contributed by atoms with Crippen LogP contribution in [0.25, 0.3) is 34.2 Å². The summed E-state index contributed by atoms with van der Waals surface area (Å²) in [6, 6.07) is 27.5. The third-order valence-corrected chi connectivity index (χ3v) is 8.06. The van der Waals surface area contributed by atoms with Crippen molar-refractivity contribution in [2.45, 2.75) is 12.3 Å². The molecule has 2 atom stereocenters. The molecular formula is C33H25BrN6O4. The molecule has 3 aromatic carbocycles. The Balaban J connectivity index is 1.21. The van der Waals surface area contributed by atoms with Gasteiger partial charge in [0.2, 0.25) is 6.23 Å². The van der Waals surface area contributed by atoms with E-state index in [0.29, 0.717) is 22.8 Å². The molecule has 44 heavy (non-hydrogen) atoms. The summed E-state index contributed by atoms with van der Waals surface area (Å²) in [6.45, 7) is 0. The number of nitrogens with one attached hydrogen (secondary N) is 2.